The summed E-state index contributed by atoms with van der Waals surface area (Å²) in [5.41, 5.74) is 1.12. The molecule has 29 heavy (non-hydrogen) atoms. The van der Waals surface area contributed by atoms with Crippen molar-refractivity contribution in [2.75, 3.05) is 5.32 Å². The number of anilines is 1. The zero-order chi connectivity index (χ0) is 21.6. The molecule has 2 rings (SSSR count). The van der Waals surface area contributed by atoms with Crippen LogP contribution in [-0.2, 0) is 11.3 Å². The van der Waals surface area contributed by atoms with E-state index in [4.69, 9.17) is 4.74 Å². The van der Waals surface area contributed by atoms with Crippen molar-refractivity contribution in [3.63, 3.8) is 0 Å². The van der Waals surface area contributed by atoms with Crippen molar-refractivity contribution in [2.45, 2.75) is 46.0 Å². The minimum Gasteiger partial charge on any atom is -0.465 e. The van der Waals surface area contributed by atoms with Crippen molar-refractivity contribution in [3.05, 3.63) is 41.3 Å². The molecule has 8 nitrogen and oxygen atoms in total. The molecule has 0 bridgehead atoms. The monoisotopic (exact) mass is 411 g/mol. The quantitative estimate of drug-likeness (QED) is 0.726. The molecule has 1 atom stereocenters. The normalized spacial score (nSPS) is 12.2. The first-order valence-electron chi connectivity index (χ1n) is 8.70. The first-order chi connectivity index (χ1) is 13.6. The topological polar surface area (TPSA) is 106 Å². The molecule has 156 valence electrons. The number of rotatable bonds is 7. The third-order valence-corrected chi connectivity index (χ3v) is 3.67. The minimum absolute atomic E-state index is 0.0314. The highest BCUT2D eigenvalue weighted by molar-refractivity contribution is 5.93. The van der Waals surface area contributed by atoms with E-state index < -0.39 is 18.2 Å². The van der Waals surface area contributed by atoms with Gasteiger partial charge < -0.3 is 10.1 Å². The lowest BCUT2D eigenvalue weighted by Gasteiger charge is -2.16. The van der Waals surface area contributed by atoms with Gasteiger partial charge in [-0.2, -0.15) is 13.2 Å². The molecule has 2 aromatic rings. The van der Waals surface area contributed by atoms with Crippen LogP contribution in [-0.4, -0.2) is 39.0 Å². The van der Waals surface area contributed by atoms with Gasteiger partial charge in [0.15, 0.2) is 6.10 Å². The lowest BCUT2D eigenvalue weighted by atomic mass is 10.2. The van der Waals surface area contributed by atoms with Gasteiger partial charge in [-0.05, 0) is 25.5 Å². The van der Waals surface area contributed by atoms with E-state index in [1.54, 1.807) is 13.8 Å². The van der Waals surface area contributed by atoms with Crippen molar-refractivity contribution < 1.29 is 27.5 Å². The summed E-state index contributed by atoms with van der Waals surface area (Å²) in [6.07, 6.45) is -4.92. The minimum atomic E-state index is -4.49. The van der Waals surface area contributed by atoms with Crippen LogP contribution in [0.4, 0.5) is 19.1 Å². The van der Waals surface area contributed by atoms with E-state index in [1.165, 1.54) is 24.4 Å². The molecular weight excluding hydrogens is 391 g/mol. The number of carbonyl (C=O) groups is 2. The smallest absolute Gasteiger partial charge is 0.425 e. The fourth-order valence-electron chi connectivity index (χ4n) is 2.06. The Balaban J connectivity index is 1.98. The van der Waals surface area contributed by atoms with Crippen LogP contribution >= 0.6 is 0 Å². The van der Waals surface area contributed by atoms with Gasteiger partial charge in [-0.25, -0.2) is 15.0 Å². The first-order valence-corrected chi connectivity index (χ1v) is 8.70. The van der Waals surface area contributed by atoms with Crippen LogP contribution in [0.15, 0.2) is 24.4 Å². The number of amides is 2. The summed E-state index contributed by atoms with van der Waals surface area (Å²) in [7, 11) is 0. The Hall–Kier alpha value is -3.24. The molecule has 0 radical (unpaired) electrons. The largest absolute Gasteiger partial charge is 0.465 e. The van der Waals surface area contributed by atoms with E-state index in [1.807, 2.05) is 0 Å². The summed E-state index contributed by atoms with van der Waals surface area (Å²) in [5, 5.41) is 5.11. The zero-order valence-corrected chi connectivity index (χ0v) is 16.0. The van der Waals surface area contributed by atoms with Crippen LogP contribution in [0.5, 0.6) is 5.88 Å². The van der Waals surface area contributed by atoms with Gasteiger partial charge in [0.05, 0.1) is 0 Å². The molecule has 11 heteroatoms. The number of nitrogens with zero attached hydrogens (tertiary/aromatic N) is 3. The Bertz CT molecular complexity index is 872. The average Bonchev–Trinajstić information content (AvgIpc) is 2.65. The highest BCUT2D eigenvalue weighted by Gasteiger charge is 2.38. The average molecular weight is 411 g/mol. The molecule has 2 N–H and O–H groups in total. The molecule has 2 aromatic heterocycles. The van der Waals surface area contributed by atoms with Crippen molar-refractivity contribution in [2.24, 2.45) is 0 Å². The molecular formula is C18H20F3N5O3. The number of ether oxygens (including phenoxy) is 1. The van der Waals surface area contributed by atoms with E-state index in [0.29, 0.717) is 11.3 Å². The molecule has 0 fully saturated rings. The lowest BCUT2D eigenvalue weighted by Crippen LogP contribution is -2.31. The molecule has 1 unspecified atom stereocenters. The zero-order valence-electron chi connectivity index (χ0n) is 16.0. The molecule has 0 aliphatic carbocycles. The van der Waals surface area contributed by atoms with Crippen LogP contribution in [0, 0.1) is 6.92 Å². The first kappa shape index (κ1) is 22.1. The maximum atomic E-state index is 12.5. The van der Waals surface area contributed by atoms with Crippen LogP contribution in [0.25, 0.3) is 0 Å². The fourth-order valence-corrected chi connectivity index (χ4v) is 2.06. The van der Waals surface area contributed by atoms with E-state index in [0.717, 1.165) is 6.92 Å². The van der Waals surface area contributed by atoms with Gasteiger partial charge in [-0.1, -0.05) is 13.0 Å². The van der Waals surface area contributed by atoms with E-state index in [2.05, 4.69) is 25.6 Å². The van der Waals surface area contributed by atoms with Crippen LogP contribution < -0.4 is 15.4 Å². The summed E-state index contributed by atoms with van der Waals surface area (Å²) in [6, 6.07) is 4.24. The standard InChI is InChI=1S/C18H20F3N5O3/c1-4-14(27)26-17-24-10(2)7-13(25-17)16(28)23-9-12-5-6-15(22-8-12)29-11(3)18(19,20)21/h5-8,11H,4,9H2,1-3H3,(H,23,28)(H,24,25,26,27). The Morgan fingerprint density at radius 1 is 1.24 bits per heavy atom. The van der Waals surface area contributed by atoms with E-state index in [9.17, 15) is 22.8 Å². The van der Waals surface area contributed by atoms with Gasteiger partial charge in [0.2, 0.25) is 17.7 Å². The SMILES string of the molecule is CCC(=O)Nc1nc(C)cc(C(=O)NCc2ccc(OC(C)C(F)(F)F)nc2)n1. The fraction of sp³-hybridized carbons (Fsp3) is 0.389. The van der Waals surface area contributed by atoms with Crippen molar-refractivity contribution in [3.8, 4) is 5.88 Å². The molecule has 2 heterocycles. The molecule has 0 spiro atoms. The van der Waals surface area contributed by atoms with Gasteiger partial charge in [-0.3, -0.25) is 14.9 Å². The molecule has 0 saturated carbocycles. The number of aryl methyl sites for hydroxylation is 1. The third kappa shape index (κ3) is 6.70. The third-order valence-electron chi connectivity index (χ3n) is 3.67. The van der Waals surface area contributed by atoms with Crippen LogP contribution in [0.3, 0.4) is 0 Å². The second-order valence-electron chi connectivity index (χ2n) is 6.11. The van der Waals surface area contributed by atoms with E-state index in [-0.39, 0.29) is 36.4 Å². The molecule has 0 aliphatic rings. The second kappa shape index (κ2) is 9.30. The molecule has 0 aliphatic heterocycles. The molecule has 2 amide bonds. The van der Waals surface area contributed by atoms with Gasteiger partial charge in [0.1, 0.15) is 5.69 Å². The number of hydrogen-bond donors (Lipinski definition) is 2. The number of nitrogens with one attached hydrogen (secondary N) is 2. The molecule has 0 aromatic carbocycles. The molecule has 0 saturated heterocycles. The van der Waals surface area contributed by atoms with Crippen LogP contribution in [0.2, 0.25) is 0 Å². The lowest BCUT2D eigenvalue weighted by molar-refractivity contribution is -0.189. The van der Waals surface area contributed by atoms with Crippen molar-refractivity contribution in [1.82, 2.24) is 20.3 Å². The Morgan fingerprint density at radius 2 is 1.97 bits per heavy atom. The summed E-state index contributed by atoms with van der Waals surface area (Å²) >= 11 is 0. The number of alkyl halides is 3. The summed E-state index contributed by atoms with van der Waals surface area (Å²) in [4.78, 5) is 35.6. The van der Waals surface area contributed by atoms with Gasteiger partial charge in [0.25, 0.3) is 5.91 Å². The number of pyridine rings is 1. The predicted octanol–water partition coefficient (Wildman–Crippen LogP) is 2.79. The van der Waals surface area contributed by atoms with Crippen molar-refractivity contribution >= 4 is 17.8 Å². The second-order valence-corrected chi connectivity index (χ2v) is 6.11. The van der Waals surface area contributed by atoms with Gasteiger partial charge in [0, 0.05) is 30.9 Å². The van der Waals surface area contributed by atoms with Gasteiger partial charge in [-0.15, -0.1) is 0 Å². The number of aromatic nitrogens is 3. The maximum absolute atomic E-state index is 12.5. The van der Waals surface area contributed by atoms with Gasteiger partial charge >= 0.3 is 6.18 Å². The highest BCUT2D eigenvalue weighted by atomic mass is 19.4. The van der Waals surface area contributed by atoms with E-state index >= 15 is 0 Å². The van der Waals surface area contributed by atoms with Crippen LogP contribution in [0.1, 0.15) is 42.0 Å². The summed E-state index contributed by atoms with van der Waals surface area (Å²) in [5.74, 6) is -0.930. The van der Waals surface area contributed by atoms with Crippen molar-refractivity contribution in [1.29, 1.82) is 0 Å². The Kier molecular flexibility index (Phi) is 7.08. The maximum Gasteiger partial charge on any atom is 0.425 e. The summed E-state index contributed by atoms with van der Waals surface area (Å²) in [6.45, 7) is 4.29. The Morgan fingerprint density at radius 3 is 2.55 bits per heavy atom. The number of halogens is 3. The summed E-state index contributed by atoms with van der Waals surface area (Å²) < 4.78 is 42.2. The number of carbonyl (C=O) groups excluding carboxylic acids is 2. The number of hydrogen-bond acceptors (Lipinski definition) is 6. The highest BCUT2D eigenvalue weighted by Crippen LogP contribution is 2.23. The Labute approximate surface area is 164 Å². The predicted molar refractivity (Wildman–Crippen MR) is 97.2 cm³/mol.